The number of anilines is 2. The van der Waals surface area contributed by atoms with E-state index >= 15 is 0 Å². The largest absolute Gasteiger partial charge is 0.369 e. The number of hydrogen-bond acceptors (Lipinski definition) is 5. The van der Waals surface area contributed by atoms with E-state index in [4.69, 9.17) is 0 Å². The Morgan fingerprint density at radius 3 is 2.41 bits per heavy atom. The Morgan fingerprint density at radius 2 is 1.70 bits per heavy atom. The fourth-order valence-electron chi connectivity index (χ4n) is 3.11. The van der Waals surface area contributed by atoms with E-state index in [1.165, 1.54) is 17.0 Å². The molecule has 0 aliphatic carbocycles. The maximum absolute atomic E-state index is 12.4. The first-order valence-electron chi connectivity index (χ1n) is 9.05. The van der Waals surface area contributed by atoms with Gasteiger partial charge in [0.05, 0.1) is 6.20 Å². The Morgan fingerprint density at radius 1 is 1.00 bits per heavy atom. The first kappa shape index (κ1) is 17.7. The predicted molar refractivity (Wildman–Crippen MR) is 112 cm³/mol. The van der Waals surface area contributed by atoms with Gasteiger partial charge in [0.15, 0.2) is 0 Å². The van der Waals surface area contributed by atoms with E-state index in [9.17, 15) is 4.79 Å². The molecule has 1 N–H and O–H groups in total. The number of thiazole rings is 1. The summed E-state index contributed by atoms with van der Waals surface area (Å²) in [5.41, 5.74) is 3.07. The van der Waals surface area contributed by atoms with E-state index in [0.717, 1.165) is 42.4 Å². The number of carbonyl (C=O) groups is 1. The van der Waals surface area contributed by atoms with E-state index in [1.54, 1.807) is 6.20 Å². The average Bonchev–Trinajstić information content (AvgIpc) is 3.20. The zero-order valence-corrected chi connectivity index (χ0v) is 16.1. The van der Waals surface area contributed by atoms with Gasteiger partial charge in [-0.25, -0.2) is 4.98 Å². The lowest BCUT2D eigenvalue weighted by Crippen LogP contribution is -2.44. The molecule has 4 rings (SSSR count). The highest BCUT2D eigenvalue weighted by molar-refractivity contribution is 7.17. The van der Waals surface area contributed by atoms with Gasteiger partial charge in [-0.1, -0.05) is 18.2 Å². The second kappa shape index (κ2) is 7.90. The van der Waals surface area contributed by atoms with Gasteiger partial charge in [-0.2, -0.15) is 0 Å². The lowest BCUT2D eigenvalue weighted by molar-refractivity contribution is 0.103. The Balaban J connectivity index is 1.44. The van der Waals surface area contributed by atoms with E-state index in [1.807, 2.05) is 30.3 Å². The quantitative estimate of drug-likeness (QED) is 0.750. The summed E-state index contributed by atoms with van der Waals surface area (Å²) in [4.78, 5) is 22.2. The molecule has 0 radical (unpaired) electrons. The third-order valence-corrected chi connectivity index (χ3v) is 5.79. The van der Waals surface area contributed by atoms with Crippen molar-refractivity contribution in [3.05, 3.63) is 65.7 Å². The highest BCUT2D eigenvalue weighted by atomic mass is 32.1. The van der Waals surface area contributed by atoms with Crippen molar-refractivity contribution in [3.8, 4) is 10.6 Å². The van der Waals surface area contributed by atoms with Crippen LogP contribution in [-0.2, 0) is 0 Å². The summed E-state index contributed by atoms with van der Waals surface area (Å²) in [5.74, 6) is -0.126. The van der Waals surface area contributed by atoms with Crippen LogP contribution in [0.4, 0.5) is 11.4 Å². The van der Waals surface area contributed by atoms with Crippen molar-refractivity contribution >= 4 is 28.6 Å². The second-order valence-electron chi connectivity index (χ2n) is 6.69. The average molecular weight is 379 g/mol. The summed E-state index contributed by atoms with van der Waals surface area (Å²) in [6.07, 6.45) is 1.65. The number of likely N-dealkylation sites (N-methyl/N-ethyl adjacent to an activating group) is 1. The van der Waals surface area contributed by atoms with E-state index < -0.39 is 0 Å². The number of benzene rings is 2. The summed E-state index contributed by atoms with van der Waals surface area (Å²) in [6, 6.07) is 17.9. The van der Waals surface area contributed by atoms with E-state index in [2.05, 4.69) is 51.4 Å². The lowest BCUT2D eigenvalue weighted by atomic mass is 10.2. The van der Waals surface area contributed by atoms with Crippen LogP contribution in [0.2, 0.25) is 0 Å². The highest BCUT2D eigenvalue weighted by Crippen LogP contribution is 2.28. The molecule has 3 aromatic rings. The number of amides is 1. The molecule has 1 aliphatic heterocycles. The minimum absolute atomic E-state index is 0.126. The zero-order valence-electron chi connectivity index (χ0n) is 15.3. The van der Waals surface area contributed by atoms with Crippen molar-refractivity contribution in [2.24, 2.45) is 0 Å². The Hall–Kier alpha value is -2.70. The highest BCUT2D eigenvalue weighted by Gasteiger charge is 2.15. The molecular weight excluding hydrogens is 356 g/mol. The van der Waals surface area contributed by atoms with E-state index in [-0.39, 0.29) is 5.91 Å². The van der Waals surface area contributed by atoms with Crippen molar-refractivity contribution in [1.82, 2.24) is 9.88 Å². The second-order valence-corrected chi connectivity index (χ2v) is 7.72. The number of carbonyl (C=O) groups excluding carboxylic acids is 1. The molecule has 27 heavy (non-hydrogen) atoms. The first-order valence-corrected chi connectivity index (χ1v) is 9.87. The molecule has 0 unspecified atom stereocenters. The van der Waals surface area contributed by atoms with Crippen LogP contribution in [0.15, 0.2) is 60.8 Å². The number of nitrogens with zero attached hydrogens (tertiary/aromatic N) is 3. The topological polar surface area (TPSA) is 48.5 Å². The number of rotatable bonds is 4. The van der Waals surface area contributed by atoms with Gasteiger partial charge in [0, 0.05) is 43.1 Å². The van der Waals surface area contributed by atoms with Crippen LogP contribution in [0.25, 0.3) is 10.6 Å². The van der Waals surface area contributed by atoms with Crippen LogP contribution in [0.1, 0.15) is 9.67 Å². The maximum Gasteiger partial charge on any atom is 0.267 e. The van der Waals surface area contributed by atoms with Gasteiger partial charge in [0.2, 0.25) is 0 Å². The summed E-state index contributed by atoms with van der Waals surface area (Å²) in [7, 11) is 2.16. The molecule has 0 spiro atoms. The molecular formula is C21H22N4OS. The fraction of sp³-hybridized carbons (Fsp3) is 0.238. The van der Waals surface area contributed by atoms with Gasteiger partial charge >= 0.3 is 0 Å². The monoisotopic (exact) mass is 378 g/mol. The standard InChI is InChI=1S/C21H22N4OS/c1-24-11-13-25(14-12-24)18-9-7-16(8-10-18)21-22-15-19(27-21)20(26)23-17-5-3-2-4-6-17/h2-10,15H,11-14H2,1H3,(H,23,26). The fourth-order valence-corrected chi connectivity index (χ4v) is 3.92. The number of aromatic nitrogens is 1. The minimum Gasteiger partial charge on any atom is -0.369 e. The molecule has 0 saturated carbocycles. The number of piperazine rings is 1. The summed E-state index contributed by atoms with van der Waals surface area (Å²) < 4.78 is 0. The third-order valence-electron chi connectivity index (χ3n) is 4.74. The summed E-state index contributed by atoms with van der Waals surface area (Å²) in [6.45, 7) is 4.29. The molecule has 1 fully saturated rings. The van der Waals surface area contributed by atoms with Gasteiger partial charge in [0.1, 0.15) is 9.88 Å². The first-order chi connectivity index (χ1) is 13.2. The molecule has 1 saturated heterocycles. The molecule has 1 aliphatic rings. The molecule has 2 aromatic carbocycles. The Bertz CT molecular complexity index is 899. The van der Waals surface area contributed by atoms with Crippen LogP contribution in [0, 0.1) is 0 Å². The van der Waals surface area contributed by atoms with Gasteiger partial charge in [-0.3, -0.25) is 4.79 Å². The van der Waals surface area contributed by atoms with Crippen molar-refractivity contribution in [2.75, 3.05) is 43.4 Å². The molecule has 0 bridgehead atoms. The van der Waals surface area contributed by atoms with Crippen molar-refractivity contribution in [3.63, 3.8) is 0 Å². The van der Waals surface area contributed by atoms with Gasteiger partial charge in [-0.05, 0) is 43.4 Å². The molecule has 1 amide bonds. The maximum atomic E-state index is 12.4. The smallest absolute Gasteiger partial charge is 0.267 e. The minimum atomic E-state index is -0.126. The van der Waals surface area contributed by atoms with Crippen molar-refractivity contribution in [1.29, 1.82) is 0 Å². The van der Waals surface area contributed by atoms with Gasteiger partial charge in [0.25, 0.3) is 5.91 Å². The normalized spacial score (nSPS) is 14.9. The zero-order chi connectivity index (χ0) is 18.6. The van der Waals surface area contributed by atoms with Crippen LogP contribution in [0.3, 0.4) is 0 Å². The van der Waals surface area contributed by atoms with Crippen LogP contribution < -0.4 is 10.2 Å². The number of nitrogens with one attached hydrogen (secondary N) is 1. The molecule has 5 nitrogen and oxygen atoms in total. The summed E-state index contributed by atoms with van der Waals surface area (Å²) >= 11 is 1.41. The Kier molecular flexibility index (Phi) is 5.18. The van der Waals surface area contributed by atoms with Crippen LogP contribution in [0.5, 0.6) is 0 Å². The number of hydrogen-bond donors (Lipinski definition) is 1. The van der Waals surface area contributed by atoms with Crippen LogP contribution >= 0.6 is 11.3 Å². The molecule has 1 aromatic heterocycles. The SMILES string of the molecule is CN1CCN(c2ccc(-c3ncc(C(=O)Nc4ccccc4)s3)cc2)CC1. The predicted octanol–water partition coefficient (Wildman–Crippen LogP) is 3.81. The van der Waals surface area contributed by atoms with Crippen LogP contribution in [-0.4, -0.2) is 49.0 Å². The van der Waals surface area contributed by atoms with Crippen molar-refractivity contribution < 1.29 is 4.79 Å². The molecule has 6 heteroatoms. The van der Waals surface area contributed by atoms with Crippen molar-refractivity contribution in [2.45, 2.75) is 0 Å². The Labute approximate surface area is 163 Å². The molecule has 2 heterocycles. The lowest BCUT2D eigenvalue weighted by Gasteiger charge is -2.34. The van der Waals surface area contributed by atoms with Gasteiger partial charge in [-0.15, -0.1) is 11.3 Å². The third kappa shape index (κ3) is 4.18. The van der Waals surface area contributed by atoms with E-state index in [0.29, 0.717) is 4.88 Å². The molecule has 0 atom stereocenters. The van der Waals surface area contributed by atoms with Gasteiger partial charge < -0.3 is 15.1 Å². The number of para-hydroxylation sites is 1. The summed E-state index contributed by atoms with van der Waals surface area (Å²) in [5, 5.41) is 3.76. The molecule has 138 valence electrons.